The van der Waals surface area contributed by atoms with E-state index in [1.54, 1.807) is 0 Å². The van der Waals surface area contributed by atoms with Crippen LogP contribution >= 0.6 is 11.3 Å². The molecule has 0 aliphatic rings. The molecule has 216 valence electrons. The van der Waals surface area contributed by atoms with E-state index in [2.05, 4.69) is 168 Å². The summed E-state index contributed by atoms with van der Waals surface area (Å²) in [4.78, 5) is 0. The summed E-state index contributed by atoms with van der Waals surface area (Å²) in [6, 6.07) is 55.6. The highest BCUT2D eigenvalue weighted by Crippen LogP contribution is 2.45. The van der Waals surface area contributed by atoms with Crippen LogP contribution in [0.3, 0.4) is 0 Å². The third-order valence-electron chi connectivity index (χ3n) is 9.65. The van der Waals surface area contributed by atoms with Gasteiger partial charge in [0.2, 0.25) is 0 Å². The van der Waals surface area contributed by atoms with Gasteiger partial charge in [0.05, 0.1) is 27.8 Å². The van der Waals surface area contributed by atoms with Gasteiger partial charge in [0.25, 0.3) is 0 Å². The van der Waals surface area contributed by atoms with Crippen molar-refractivity contribution < 1.29 is 0 Å². The summed E-state index contributed by atoms with van der Waals surface area (Å²) in [7, 11) is 0. The van der Waals surface area contributed by atoms with E-state index in [4.69, 9.17) is 0 Å². The normalized spacial score (nSPS) is 12.0. The van der Waals surface area contributed by atoms with E-state index in [0.717, 1.165) is 0 Å². The summed E-state index contributed by atoms with van der Waals surface area (Å²) in [5.74, 6) is 0. The molecule has 0 fully saturated rings. The third kappa shape index (κ3) is 3.52. The maximum atomic E-state index is 2.45. The molecule has 0 atom stereocenters. The number of benzene rings is 7. The molecule has 10 rings (SSSR count). The predicted molar refractivity (Wildman–Crippen MR) is 198 cm³/mol. The Bertz CT molecular complexity index is 2760. The highest BCUT2D eigenvalue weighted by Gasteiger charge is 2.21. The molecule has 0 radical (unpaired) electrons. The number of hydrogen-bond acceptors (Lipinski definition) is 1. The van der Waals surface area contributed by atoms with E-state index >= 15 is 0 Å². The minimum Gasteiger partial charge on any atom is -0.309 e. The molecule has 0 aliphatic heterocycles. The molecule has 0 N–H and O–H groups in total. The minimum atomic E-state index is 1.18. The molecule has 2 nitrogen and oxygen atoms in total. The number of aryl methyl sites for hydroxylation is 1. The van der Waals surface area contributed by atoms with E-state index in [1.165, 1.54) is 91.8 Å². The molecule has 0 aliphatic carbocycles. The molecule has 3 aromatic heterocycles. The maximum Gasteiger partial charge on any atom is 0.0555 e. The zero-order chi connectivity index (χ0) is 30.4. The molecule has 3 heterocycles. The number of hydrogen-bond donors (Lipinski definition) is 0. The lowest BCUT2D eigenvalue weighted by Gasteiger charge is -2.17. The first-order valence-corrected chi connectivity index (χ1v) is 16.6. The summed E-state index contributed by atoms with van der Waals surface area (Å²) in [6.45, 7) is 2.24. The van der Waals surface area contributed by atoms with Crippen LogP contribution in [0.1, 0.15) is 5.56 Å². The van der Waals surface area contributed by atoms with E-state index in [1.807, 2.05) is 11.3 Å². The van der Waals surface area contributed by atoms with Gasteiger partial charge >= 0.3 is 0 Å². The number of thiophene rings is 1. The van der Waals surface area contributed by atoms with Crippen molar-refractivity contribution >= 4 is 75.1 Å². The van der Waals surface area contributed by atoms with Crippen LogP contribution in [0.15, 0.2) is 152 Å². The number of aromatic nitrogens is 2. The van der Waals surface area contributed by atoms with Gasteiger partial charge in [-0.15, -0.1) is 11.3 Å². The molecule has 0 saturated heterocycles. The van der Waals surface area contributed by atoms with Crippen molar-refractivity contribution in [3.05, 3.63) is 157 Å². The average molecular weight is 605 g/mol. The maximum absolute atomic E-state index is 2.45. The quantitative estimate of drug-likeness (QED) is 0.190. The van der Waals surface area contributed by atoms with Crippen LogP contribution in [0.2, 0.25) is 0 Å². The molecule has 0 spiro atoms. The fourth-order valence-corrected chi connectivity index (χ4v) is 8.95. The first-order chi connectivity index (χ1) is 22.8. The van der Waals surface area contributed by atoms with Gasteiger partial charge < -0.3 is 9.13 Å². The first-order valence-electron chi connectivity index (χ1n) is 15.8. The van der Waals surface area contributed by atoms with Gasteiger partial charge in [-0.25, -0.2) is 0 Å². The molecule has 0 amide bonds. The Hall–Kier alpha value is -5.64. The number of nitrogens with zero attached hydrogens (tertiary/aromatic N) is 2. The van der Waals surface area contributed by atoms with Crippen LogP contribution in [0, 0.1) is 6.92 Å². The van der Waals surface area contributed by atoms with E-state index in [-0.39, 0.29) is 0 Å². The monoisotopic (exact) mass is 604 g/mol. The summed E-state index contributed by atoms with van der Waals surface area (Å²) in [5, 5.41) is 7.82. The van der Waals surface area contributed by atoms with E-state index < -0.39 is 0 Å². The minimum absolute atomic E-state index is 1.18. The Kier molecular flexibility index (Phi) is 5.40. The Morgan fingerprint density at radius 2 is 1.11 bits per heavy atom. The lowest BCUT2D eigenvalue weighted by Crippen LogP contribution is -1.99. The van der Waals surface area contributed by atoms with Crippen LogP contribution in [-0.4, -0.2) is 9.13 Å². The fraction of sp³-hybridized carbons (Fsp3) is 0.0233. The van der Waals surface area contributed by atoms with E-state index in [9.17, 15) is 0 Å². The Labute approximate surface area is 270 Å². The van der Waals surface area contributed by atoms with Crippen LogP contribution < -0.4 is 0 Å². The van der Waals surface area contributed by atoms with Crippen LogP contribution in [0.25, 0.3) is 86.3 Å². The molecule has 10 aromatic rings. The summed E-state index contributed by atoms with van der Waals surface area (Å²) < 4.78 is 7.57. The largest absolute Gasteiger partial charge is 0.309 e. The second-order valence-electron chi connectivity index (χ2n) is 12.2. The second kappa shape index (κ2) is 9.68. The molecular formula is C43H28N2S. The average Bonchev–Trinajstić information content (AvgIpc) is 3.76. The SMILES string of the molecule is Cc1cccc(-n2c3ccccc3c3ccccc32)c1-c1ccc2c(c1)c1c3sc4ccccc4c3ccc1n2-c1ccccc1. The highest BCUT2D eigenvalue weighted by atomic mass is 32.1. The van der Waals surface area contributed by atoms with Crippen molar-refractivity contribution in [3.63, 3.8) is 0 Å². The van der Waals surface area contributed by atoms with Crippen molar-refractivity contribution in [2.75, 3.05) is 0 Å². The van der Waals surface area contributed by atoms with Crippen molar-refractivity contribution in [2.45, 2.75) is 6.92 Å². The second-order valence-corrected chi connectivity index (χ2v) is 13.2. The van der Waals surface area contributed by atoms with Gasteiger partial charge in [0, 0.05) is 53.0 Å². The molecule has 0 saturated carbocycles. The zero-order valence-corrected chi connectivity index (χ0v) is 26.1. The standard InChI is InChI=1S/C43H28N2S/c1-27-12-11-20-38(45-35-18-8-5-15-30(35)31-16-6-9-19-36(31)45)41(27)28-22-24-37-34(26-28)42-39(44(37)29-13-3-2-4-14-29)25-23-33-32-17-7-10-21-40(32)46-43(33)42/h2-26H,1H3. The molecular weight excluding hydrogens is 577 g/mol. The van der Waals surface area contributed by atoms with Crippen molar-refractivity contribution in [2.24, 2.45) is 0 Å². The van der Waals surface area contributed by atoms with Gasteiger partial charge in [-0.2, -0.15) is 0 Å². The Balaban J connectivity index is 1.32. The Morgan fingerprint density at radius 3 is 1.89 bits per heavy atom. The predicted octanol–water partition coefficient (Wildman–Crippen LogP) is 12.2. The van der Waals surface area contributed by atoms with Gasteiger partial charge in [-0.1, -0.05) is 97.1 Å². The van der Waals surface area contributed by atoms with Crippen molar-refractivity contribution in [1.29, 1.82) is 0 Å². The van der Waals surface area contributed by atoms with Gasteiger partial charge in [-0.05, 0) is 72.6 Å². The number of rotatable bonds is 3. The van der Waals surface area contributed by atoms with Gasteiger partial charge in [-0.3, -0.25) is 0 Å². The summed E-state index contributed by atoms with van der Waals surface area (Å²) in [6.07, 6.45) is 0. The van der Waals surface area contributed by atoms with Crippen LogP contribution in [0.4, 0.5) is 0 Å². The molecule has 46 heavy (non-hydrogen) atoms. The summed E-state index contributed by atoms with van der Waals surface area (Å²) in [5.41, 5.74) is 11.1. The highest BCUT2D eigenvalue weighted by molar-refractivity contribution is 7.26. The topological polar surface area (TPSA) is 9.86 Å². The fourth-order valence-electron chi connectivity index (χ4n) is 7.69. The van der Waals surface area contributed by atoms with Gasteiger partial charge in [0.15, 0.2) is 0 Å². The lowest BCUT2D eigenvalue weighted by atomic mass is 9.96. The molecule has 0 unspecified atom stereocenters. The lowest BCUT2D eigenvalue weighted by molar-refractivity contribution is 1.17. The van der Waals surface area contributed by atoms with Crippen LogP contribution in [0.5, 0.6) is 0 Å². The van der Waals surface area contributed by atoms with Crippen LogP contribution in [-0.2, 0) is 0 Å². The van der Waals surface area contributed by atoms with Crippen molar-refractivity contribution in [1.82, 2.24) is 9.13 Å². The number of fused-ring (bicyclic) bond motifs is 10. The van der Waals surface area contributed by atoms with Crippen molar-refractivity contribution in [3.8, 4) is 22.5 Å². The zero-order valence-electron chi connectivity index (χ0n) is 25.2. The Morgan fingerprint density at radius 1 is 0.457 bits per heavy atom. The van der Waals surface area contributed by atoms with Gasteiger partial charge in [0.1, 0.15) is 0 Å². The number of para-hydroxylation sites is 3. The molecule has 3 heteroatoms. The summed E-state index contributed by atoms with van der Waals surface area (Å²) >= 11 is 1.91. The molecule has 7 aromatic carbocycles. The smallest absolute Gasteiger partial charge is 0.0555 e. The van der Waals surface area contributed by atoms with E-state index in [0.29, 0.717) is 0 Å². The first kappa shape index (κ1) is 25.7. The molecule has 0 bridgehead atoms. The third-order valence-corrected chi connectivity index (χ3v) is 10.9.